The Kier molecular flexibility index (Phi) is 4.92. The first-order chi connectivity index (χ1) is 8.87. The smallest absolute Gasteiger partial charge is 0.418 e. The maximum absolute atomic E-state index is 11.9. The highest BCUT2D eigenvalue weighted by Gasteiger charge is 2.28. The maximum atomic E-state index is 11.9. The van der Waals surface area contributed by atoms with Crippen molar-refractivity contribution in [1.29, 1.82) is 0 Å². The van der Waals surface area contributed by atoms with Gasteiger partial charge in [0.2, 0.25) is 6.10 Å². The number of carbonyl (C=O) groups is 1. The molecule has 1 rings (SSSR count). The van der Waals surface area contributed by atoms with Crippen molar-refractivity contribution in [2.24, 2.45) is 0 Å². The summed E-state index contributed by atoms with van der Waals surface area (Å²) in [4.78, 5) is 22.3. The lowest BCUT2D eigenvalue weighted by atomic mass is 10.1. The lowest BCUT2D eigenvalue weighted by molar-refractivity contribution is -0.164. The highest BCUT2D eigenvalue weighted by Crippen LogP contribution is 2.23. The average Bonchev–Trinajstić information content (AvgIpc) is 2.34. The summed E-state index contributed by atoms with van der Waals surface area (Å²) in [5.41, 5.74) is -0.160. The molecule has 5 nitrogen and oxygen atoms in total. The highest BCUT2D eigenvalue weighted by molar-refractivity contribution is 5.78. The van der Waals surface area contributed by atoms with Crippen molar-refractivity contribution in [3.05, 3.63) is 29.8 Å². The molecule has 1 aromatic carbocycles. The lowest BCUT2D eigenvalue weighted by Crippen LogP contribution is -2.28. The van der Waals surface area contributed by atoms with Crippen LogP contribution in [0.5, 0.6) is 5.75 Å². The third kappa shape index (κ3) is 4.62. The van der Waals surface area contributed by atoms with Crippen LogP contribution in [0, 0.1) is 0 Å². The van der Waals surface area contributed by atoms with E-state index >= 15 is 0 Å². The molecule has 1 unspecified atom stereocenters. The van der Waals surface area contributed by atoms with Crippen LogP contribution in [0.3, 0.4) is 0 Å². The topological polar surface area (TPSA) is 61.8 Å². The molecule has 0 amide bonds. The summed E-state index contributed by atoms with van der Waals surface area (Å²) in [7, 11) is 1.54. The van der Waals surface area contributed by atoms with E-state index in [1.54, 1.807) is 45.0 Å². The second-order valence-electron chi connectivity index (χ2n) is 4.89. The minimum atomic E-state index is -1.12. The first-order valence-corrected chi connectivity index (χ1v) is 5.77. The number of esters is 1. The number of ether oxygens (including phenoxy) is 3. The molecule has 0 aliphatic heterocycles. The van der Waals surface area contributed by atoms with Gasteiger partial charge in [-0.15, -0.1) is 0 Å². The monoisotopic (exact) mass is 265 g/mol. The highest BCUT2D eigenvalue weighted by atomic mass is 16.6. The fourth-order valence-corrected chi connectivity index (χ4v) is 1.43. The Morgan fingerprint density at radius 3 is 2.21 bits per heavy atom. The van der Waals surface area contributed by atoms with E-state index in [-0.39, 0.29) is 0 Å². The Balaban J connectivity index is 2.92. The van der Waals surface area contributed by atoms with E-state index in [9.17, 15) is 9.59 Å². The summed E-state index contributed by atoms with van der Waals surface area (Å²) >= 11 is 0. The Morgan fingerprint density at radius 1 is 1.21 bits per heavy atom. The van der Waals surface area contributed by atoms with Gasteiger partial charge in [0, 0.05) is 5.56 Å². The van der Waals surface area contributed by atoms with Gasteiger partial charge in [0.1, 0.15) is 11.4 Å². The van der Waals surface area contributed by atoms with Crippen molar-refractivity contribution in [2.45, 2.75) is 32.5 Å². The van der Waals surface area contributed by atoms with Crippen molar-refractivity contribution in [3.63, 3.8) is 0 Å². The second-order valence-corrected chi connectivity index (χ2v) is 4.89. The molecule has 1 atom stereocenters. The van der Waals surface area contributed by atoms with Crippen molar-refractivity contribution < 1.29 is 23.8 Å². The molecule has 1 radical (unpaired) electrons. The zero-order valence-corrected chi connectivity index (χ0v) is 11.4. The van der Waals surface area contributed by atoms with Crippen LogP contribution in [0.4, 0.5) is 0 Å². The number of methoxy groups -OCH3 is 1. The lowest BCUT2D eigenvalue weighted by Gasteiger charge is -2.23. The first-order valence-electron chi connectivity index (χ1n) is 5.77. The van der Waals surface area contributed by atoms with Crippen molar-refractivity contribution >= 4 is 12.4 Å². The SMILES string of the molecule is COc1ccc(C(O[C]=O)C(=O)OC(C)(C)C)cc1. The van der Waals surface area contributed by atoms with Gasteiger partial charge >= 0.3 is 12.4 Å². The molecule has 1 aromatic rings. The van der Waals surface area contributed by atoms with Crippen molar-refractivity contribution in [3.8, 4) is 5.75 Å². The summed E-state index contributed by atoms with van der Waals surface area (Å²) in [5.74, 6) is 0.00258. The number of hydrogen-bond acceptors (Lipinski definition) is 5. The second kappa shape index (κ2) is 6.22. The zero-order valence-electron chi connectivity index (χ0n) is 11.4. The molecule has 0 spiro atoms. The van der Waals surface area contributed by atoms with Crippen LogP contribution in [-0.4, -0.2) is 25.2 Å². The van der Waals surface area contributed by atoms with E-state index in [0.717, 1.165) is 0 Å². The molecule has 0 aliphatic rings. The van der Waals surface area contributed by atoms with Gasteiger partial charge < -0.3 is 14.2 Å². The van der Waals surface area contributed by atoms with Crippen LogP contribution in [0.25, 0.3) is 0 Å². The molecule has 103 valence electrons. The number of hydrogen-bond donors (Lipinski definition) is 0. The summed E-state index contributed by atoms with van der Waals surface area (Å²) in [5, 5.41) is 0. The summed E-state index contributed by atoms with van der Waals surface area (Å²) in [6, 6.07) is 6.59. The fourth-order valence-electron chi connectivity index (χ4n) is 1.43. The quantitative estimate of drug-likeness (QED) is 0.763. The average molecular weight is 265 g/mol. The van der Waals surface area contributed by atoms with Gasteiger partial charge in [-0.05, 0) is 32.9 Å². The van der Waals surface area contributed by atoms with Gasteiger partial charge in [-0.25, -0.2) is 9.59 Å². The predicted octanol–water partition coefficient (Wildman–Crippen LogP) is 2.16. The van der Waals surface area contributed by atoms with Gasteiger partial charge in [-0.1, -0.05) is 12.1 Å². The van der Waals surface area contributed by atoms with E-state index in [4.69, 9.17) is 9.47 Å². The van der Waals surface area contributed by atoms with E-state index in [0.29, 0.717) is 11.3 Å². The van der Waals surface area contributed by atoms with Crippen LogP contribution >= 0.6 is 0 Å². The first kappa shape index (κ1) is 15.0. The van der Waals surface area contributed by atoms with Gasteiger partial charge in [0.25, 0.3) is 0 Å². The van der Waals surface area contributed by atoms with E-state index in [1.807, 2.05) is 0 Å². The largest absolute Gasteiger partial charge is 0.497 e. The standard InChI is InChI=1S/C14H17O5/c1-14(2,3)19-13(16)12(18-9-15)10-5-7-11(17-4)8-6-10/h5-8,12H,1-4H3. The van der Waals surface area contributed by atoms with Crippen LogP contribution in [0.1, 0.15) is 32.4 Å². The Labute approximate surface area is 112 Å². The Bertz CT molecular complexity index is 430. The molecular formula is C14H17O5. The molecule has 0 N–H and O–H groups in total. The van der Waals surface area contributed by atoms with Crippen LogP contribution in [0.2, 0.25) is 0 Å². The van der Waals surface area contributed by atoms with Crippen LogP contribution in [0.15, 0.2) is 24.3 Å². The summed E-state index contributed by atoms with van der Waals surface area (Å²) in [6.07, 6.45) is -1.12. The molecule has 0 fully saturated rings. The molecule has 5 heteroatoms. The van der Waals surface area contributed by atoms with Gasteiger partial charge in [0.15, 0.2) is 0 Å². The van der Waals surface area contributed by atoms with Crippen LogP contribution in [-0.2, 0) is 19.1 Å². The van der Waals surface area contributed by atoms with E-state index in [2.05, 4.69) is 4.74 Å². The van der Waals surface area contributed by atoms with E-state index < -0.39 is 17.7 Å². The molecular weight excluding hydrogens is 248 g/mol. The van der Waals surface area contributed by atoms with Crippen molar-refractivity contribution in [1.82, 2.24) is 0 Å². The third-order valence-electron chi connectivity index (χ3n) is 2.21. The molecule has 0 saturated carbocycles. The molecule has 0 heterocycles. The van der Waals surface area contributed by atoms with Gasteiger partial charge in [-0.2, -0.15) is 0 Å². The number of carbonyl (C=O) groups excluding carboxylic acids is 2. The zero-order chi connectivity index (χ0) is 14.5. The molecule has 0 aliphatic carbocycles. The molecule has 0 bridgehead atoms. The Hall–Kier alpha value is -2.04. The number of rotatable bonds is 5. The van der Waals surface area contributed by atoms with Crippen LogP contribution < -0.4 is 4.74 Å². The minimum absolute atomic E-state index is 0.499. The van der Waals surface area contributed by atoms with E-state index in [1.165, 1.54) is 13.6 Å². The number of benzene rings is 1. The fraction of sp³-hybridized carbons (Fsp3) is 0.429. The van der Waals surface area contributed by atoms with Gasteiger partial charge in [-0.3, -0.25) is 0 Å². The maximum Gasteiger partial charge on any atom is 0.418 e. The Morgan fingerprint density at radius 2 is 1.79 bits per heavy atom. The van der Waals surface area contributed by atoms with Gasteiger partial charge in [0.05, 0.1) is 7.11 Å². The molecule has 0 saturated heterocycles. The molecule has 0 aromatic heterocycles. The summed E-state index contributed by atoms with van der Waals surface area (Å²) in [6.45, 7) is 6.49. The minimum Gasteiger partial charge on any atom is -0.497 e. The predicted molar refractivity (Wildman–Crippen MR) is 68.4 cm³/mol. The van der Waals surface area contributed by atoms with Crippen molar-refractivity contribution in [2.75, 3.05) is 7.11 Å². The molecule has 19 heavy (non-hydrogen) atoms. The normalized spacial score (nSPS) is 12.4. The third-order valence-corrected chi connectivity index (χ3v) is 2.21. The summed E-state index contributed by atoms with van der Waals surface area (Å²) < 4.78 is 14.9.